The molecule has 0 N–H and O–H groups in total. The van der Waals surface area contributed by atoms with Gasteiger partial charge in [-0.1, -0.05) is 0 Å². The Bertz CT molecular complexity index is 388. The molecule has 0 heterocycles. The first-order valence-electron chi connectivity index (χ1n) is 3.71. The fourth-order valence-corrected chi connectivity index (χ4v) is 0.989. The van der Waals surface area contributed by atoms with Crippen LogP contribution in [0.25, 0.3) is 0 Å². The Morgan fingerprint density at radius 1 is 1.21 bits per heavy atom. The molecule has 76 valence electrons. The van der Waals surface area contributed by atoms with E-state index in [4.69, 9.17) is 0 Å². The van der Waals surface area contributed by atoms with E-state index >= 15 is 0 Å². The molecule has 0 fully saturated rings. The number of hydrogen-bond donors (Lipinski definition) is 0. The molecule has 1 aromatic rings. The highest BCUT2D eigenvalue weighted by molar-refractivity contribution is 5.89. The number of ether oxygens (including phenoxy) is 1. The minimum absolute atomic E-state index is 0.149. The van der Waals surface area contributed by atoms with Crippen LogP contribution in [0.4, 0.5) is 13.2 Å². The van der Waals surface area contributed by atoms with Crippen molar-refractivity contribution in [1.29, 1.82) is 0 Å². The predicted molar refractivity (Wildman–Crippen MR) is 42.4 cm³/mol. The lowest BCUT2D eigenvalue weighted by molar-refractivity contribution is 0.0594. The fourth-order valence-electron chi connectivity index (χ4n) is 0.989. The van der Waals surface area contributed by atoms with Crippen molar-refractivity contribution < 1.29 is 22.7 Å². The summed E-state index contributed by atoms with van der Waals surface area (Å²) in [6, 6.07) is 0.902. The SMILES string of the molecule is COC(=O)c1cc(C)c(F)c(F)c1F. The summed E-state index contributed by atoms with van der Waals surface area (Å²) in [7, 11) is 1.03. The van der Waals surface area contributed by atoms with Gasteiger partial charge in [0.25, 0.3) is 0 Å². The van der Waals surface area contributed by atoms with Gasteiger partial charge in [0.1, 0.15) is 0 Å². The summed E-state index contributed by atoms with van der Waals surface area (Å²) in [5, 5.41) is 0. The van der Waals surface area contributed by atoms with Gasteiger partial charge >= 0.3 is 5.97 Å². The van der Waals surface area contributed by atoms with Gasteiger partial charge in [0.2, 0.25) is 0 Å². The topological polar surface area (TPSA) is 26.3 Å². The van der Waals surface area contributed by atoms with Crippen molar-refractivity contribution >= 4 is 5.97 Å². The monoisotopic (exact) mass is 204 g/mol. The quantitative estimate of drug-likeness (QED) is 0.517. The van der Waals surface area contributed by atoms with Crippen LogP contribution in [0.1, 0.15) is 15.9 Å². The lowest BCUT2D eigenvalue weighted by Crippen LogP contribution is -2.08. The summed E-state index contributed by atoms with van der Waals surface area (Å²) in [4.78, 5) is 10.9. The number of methoxy groups -OCH3 is 1. The van der Waals surface area contributed by atoms with E-state index in [1.165, 1.54) is 6.92 Å². The molecule has 0 radical (unpaired) electrons. The van der Waals surface area contributed by atoms with Crippen LogP contribution in [-0.4, -0.2) is 13.1 Å². The van der Waals surface area contributed by atoms with E-state index in [1.807, 2.05) is 0 Å². The number of benzene rings is 1. The van der Waals surface area contributed by atoms with Crippen LogP contribution in [0.5, 0.6) is 0 Å². The molecule has 0 aliphatic heterocycles. The zero-order valence-corrected chi connectivity index (χ0v) is 7.53. The Morgan fingerprint density at radius 2 is 1.79 bits per heavy atom. The number of aryl methyl sites for hydroxylation is 1. The molecular formula is C9H7F3O2. The molecule has 0 aliphatic carbocycles. The van der Waals surface area contributed by atoms with Gasteiger partial charge in [0.05, 0.1) is 12.7 Å². The van der Waals surface area contributed by atoms with Gasteiger partial charge in [-0.15, -0.1) is 0 Å². The van der Waals surface area contributed by atoms with E-state index in [0.717, 1.165) is 13.2 Å². The molecule has 1 rings (SSSR count). The molecule has 0 aromatic heterocycles. The van der Waals surface area contributed by atoms with Gasteiger partial charge in [-0.2, -0.15) is 0 Å². The van der Waals surface area contributed by atoms with Crippen LogP contribution in [0.3, 0.4) is 0 Å². The van der Waals surface area contributed by atoms with Crippen molar-refractivity contribution in [3.05, 3.63) is 34.6 Å². The van der Waals surface area contributed by atoms with Gasteiger partial charge in [-0.05, 0) is 18.6 Å². The van der Waals surface area contributed by atoms with Gasteiger partial charge in [-0.3, -0.25) is 0 Å². The molecule has 0 spiro atoms. The normalized spacial score (nSPS) is 10.1. The van der Waals surface area contributed by atoms with E-state index in [9.17, 15) is 18.0 Å². The maximum Gasteiger partial charge on any atom is 0.340 e. The largest absolute Gasteiger partial charge is 0.465 e. The molecule has 0 atom stereocenters. The molecule has 5 heteroatoms. The molecule has 0 bridgehead atoms. The van der Waals surface area contributed by atoms with Crippen LogP contribution < -0.4 is 0 Å². The highest BCUT2D eigenvalue weighted by Crippen LogP contribution is 2.19. The summed E-state index contributed by atoms with van der Waals surface area (Å²) < 4.78 is 42.7. The second-order valence-corrected chi connectivity index (χ2v) is 2.67. The highest BCUT2D eigenvalue weighted by Gasteiger charge is 2.21. The predicted octanol–water partition coefficient (Wildman–Crippen LogP) is 2.20. The first-order chi connectivity index (χ1) is 6.49. The number of esters is 1. The number of hydrogen-bond acceptors (Lipinski definition) is 2. The molecule has 0 unspecified atom stereocenters. The first kappa shape index (κ1) is 10.6. The third-order valence-corrected chi connectivity index (χ3v) is 1.73. The third kappa shape index (κ3) is 1.57. The van der Waals surface area contributed by atoms with Gasteiger partial charge in [-0.25, -0.2) is 18.0 Å². The average molecular weight is 204 g/mol. The van der Waals surface area contributed by atoms with E-state index < -0.39 is 29.0 Å². The number of rotatable bonds is 1. The first-order valence-corrected chi connectivity index (χ1v) is 3.71. The highest BCUT2D eigenvalue weighted by atomic mass is 19.2. The van der Waals surface area contributed by atoms with E-state index in [2.05, 4.69) is 4.74 Å². The van der Waals surface area contributed by atoms with E-state index in [0.29, 0.717) is 0 Å². The van der Waals surface area contributed by atoms with Crippen molar-refractivity contribution in [2.45, 2.75) is 6.92 Å². The Morgan fingerprint density at radius 3 is 2.29 bits per heavy atom. The van der Waals surface area contributed by atoms with Crippen molar-refractivity contribution in [1.82, 2.24) is 0 Å². The zero-order chi connectivity index (χ0) is 10.9. The van der Waals surface area contributed by atoms with Crippen molar-refractivity contribution in [2.24, 2.45) is 0 Å². The number of carbonyl (C=O) groups excluding carboxylic acids is 1. The molecular weight excluding hydrogens is 197 g/mol. The molecule has 0 amide bonds. The van der Waals surface area contributed by atoms with Crippen LogP contribution >= 0.6 is 0 Å². The standard InChI is InChI=1S/C9H7F3O2/c1-4-3-5(9(13)14-2)7(11)8(12)6(4)10/h3H,1-2H3. The second-order valence-electron chi connectivity index (χ2n) is 2.67. The number of carbonyl (C=O) groups is 1. The van der Waals surface area contributed by atoms with Crippen LogP contribution in [0, 0.1) is 24.4 Å². The Labute approximate surface area is 78.3 Å². The summed E-state index contributed by atoms with van der Waals surface area (Å²) in [6.07, 6.45) is 0. The summed E-state index contributed by atoms with van der Waals surface area (Å²) in [5.74, 6) is -5.52. The summed E-state index contributed by atoms with van der Waals surface area (Å²) in [5.41, 5.74) is -0.756. The molecule has 0 saturated carbocycles. The Balaban J connectivity index is 3.40. The minimum Gasteiger partial charge on any atom is -0.465 e. The van der Waals surface area contributed by atoms with Crippen LogP contribution in [-0.2, 0) is 4.74 Å². The average Bonchev–Trinajstić information content (AvgIpc) is 2.19. The molecule has 0 aliphatic rings. The van der Waals surface area contributed by atoms with Gasteiger partial charge < -0.3 is 4.74 Å². The lowest BCUT2D eigenvalue weighted by Gasteiger charge is -2.04. The maximum absolute atomic E-state index is 13.0. The summed E-state index contributed by atoms with van der Waals surface area (Å²) in [6.45, 7) is 1.23. The lowest BCUT2D eigenvalue weighted by atomic mass is 10.1. The minimum atomic E-state index is -1.66. The Kier molecular flexibility index (Phi) is 2.78. The van der Waals surface area contributed by atoms with Gasteiger partial charge in [0, 0.05) is 0 Å². The maximum atomic E-state index is 13.0. The van der Waals surface area contributed by atoms with Crippen LogP contribution in [0.15, 0.2) is 6.07 Å². The fraction of sp³-hybridized carbons (Fsp3) is 0.222. The van der Waals surface area contributed by atoms with Gasteiger partial charge in [0.15, 0.2) is 17.5 Å². The Hall–Kier alpha value is -1.52. The molecule has 2 nitrogen and oxygen atoms in total. The third-order valence-electron chi connectivity index (χ3n) is 1.73. The summed E-state index contributed by atoms with van der Waals surface area (Å²) >= 11 is 0. The molecule has 14 heavy (non-hydrogen) atoms. The smallest absolute Gasteiger partial charge is 0.340 e. The van der Waals surface area contributed by atoms with E-state index in [-0.39, 0.29) is 5.56 Å². The van der Waals surface area contributed by atoms with E-state index in [1.54, 1.807) is 0 Å². The zero-order valence-electron chi connectivity index (χ0n) is 7.53. The van der Waals surface area contributed by atoms with Crippen molar-refractivity contribution in [2.75, 3.05) is 7.11 Å². The van der Waals surface area contributed by atoms with Crippen molar-refractivity contribution in [3.63, 3.8) is 0 Å². The molecule has 1 aromatic carbocycles. The second kappa shape index (κ2) is 3.69. The van der Waals surface area contributed by atoms with Crippen LogP contribution in [0.2, 0.25) is 0 Å². The molecule has 0 saturated heterocycles. The number of halogens is 3. The van der Waals surface area contributed by atoms with Crippen molar-refractivity contribution in [3.8, 4) is 0 Å².